The van der Waals surface area contributed by atoms with E-state index in [0.29, 0.717) is 31.9 Å². The Morgan fingerprint density at radius 3 is 2.65 bits per heavy atom. The summed E-state index contributed by atoms with van der Waals surface area (Å²) in [6.07, 6.45) is 1.82. The van der Waals surface area contributed by atoms with E-state index in [0.717, 1.165) is 19.4 Å². The smallest absolute Gasteiger partial charge is 0.218 e. The Morgan fingerprint density at radius 1 is 1.20 bits per heavy atom. The molecular formula is C12H11Br2Cl2N3O. The average Bonchev–Trinajstić information content (AvgIpc) is 2.70. The fraction of sp³-hybridized carbons (Fsp3) is 0.333. The highest BCUT2D eigenvalue weighted by Crippen LogP contribution is 2.27. The van der Waals surface area contributed by atoms with Gasteiger partial charge in [0, 0.05) is 11.6 Å². The maximum atomic E-state index is 6.02. The third kappa shape index (κ3) is 4.62. The largest absolute Gasteiger partial charge is 0.492 e. The monoisotopic (exact) mass is 441 g/mol. The lowest BCUT2D eigenvalue weighted by Crippen LogP contribution is -2.04. The molecule has 0 spiro atoms. The van der Waals surface area contributed by atoms with E-state index in [-0.39, 0.29) is 0 Å². The molecule has 0 radical (unpaired) electrons. The number of ether oxygens (including phenoxy) is 1. The third-order valence-electron chi connectivity index (χ3n) is 2.52. The second-order valence-electron chi connectivity index (χ2n) is 4.00. The van der Waals surface area contributed by atoms with Crippen molar-refractivity contribution in [2.75, 3.05) is 6.61 Å². The molecule has 0 amide bonds. The number of rotatable bonds is 6. The lowest BCUT2D eigenvalue weighted by atomic mass is 10.3. The Kier molecular flexibility index (Phi) is 6.14. The molecule has 0 fully saturated rings. The summed E-state index contributed by atoms with van der Waals surface area (Å²) in [5.74, 6) is 0.653. The average molecular weight is 444 g/mol. The minimum absolute atomic E-state index is 0.528. The van der Waals surface area contributed by atoms with Gasteiger partial charge in [0.2, 0.25) is 4.73 Å². The molecule has 0 N–H and O–H groups in total. The van der Waals surface area contributed by atoms with Crippen LogP contribution in [0.15, 0.2) is 27.7 Å². The quantitative estimate of drug-likeness (QED) is 0.592. The van der Waals surface area contributed by atoms with E-state index in [1.54, 1.807) is 22.9 Å². The van der Waals surface area contributed by atoms with Crippen LogP contribution in [0.25, 0.3) is 0 Å². The number of benzene rings is 1. The number of hydrogen-bond donors (Lipinski definition) is 0. The normalized spacial score (nSPS) is 10.8. The lowest BCUT2D eigenvalue weighted by molar-refractivity contribution is 0.301. The molecule has 4 nitrogen and oxygen atoms in total. The zero-order chi connectivity index (χ0) is 14.5. The van der Waals surface area contributed by atoms with Crippen molar-refractivity contribution >= 4 is 55.1 Å². The van der Waals surface area contributed by atoms with Gasteiger partial charge >= 0.3 is 0 Å². The minimum atomic E-state index is 0.528. The van der Waals surface area contributed by atoms with Crippen molar-refractivity contribution in [1.82, 2.24) is 14.8 Å². The first-order valence-electron chi connectivity index (χ1n) is 5.90. The van der Waals surface area contributed by atoms with Crippen molar-refractivity contribution in [1.29, 1.82) is 0 Å². The van der Waals surface area contributed by atoms with Crippen LogP contribution in [0.4, 0.5) is 0 Å². The summed E-state index contributed by atoms with van der Waals surface area (Å²) in [5, 5.41) is 5.32. The van der Waals surface area contributed by atoms with Gasteiger partial charge in [-0.15, -0.1) is 5.10 Å². The first kappa shape index (κ1) is 16.1. The summed E-state index contributed by atoms with van der Waals surface area (Å²) in [6, 6.07) is 5.20. The summed E-state index contributed by atoms with van der Waals surface area (Å²) in [4.78, 5) is 4.10. The fourth-order valence-corrected chi connectivity index (χ4v) is 3.06. The van der Waals surface area contributed by atoms with Gasteiger partial charge in [0.05, 0.1) is 11.6 Å². The molecule has 2 rings (SSSR count). The Hall–Kier alpha value is -0.300. The van der Waals surface area contributed by atoms with Gasteiger partial charge < -0.3 is 4.74 Å². The van der Waals surface area contributed by atoms with Crippen LogP contribution in [0.5, 0.6) is 5.75 Å². The Labute approximate surface area is 143 Å². The van der Waals surface area contributed by atoms with Gasteiger partial charge in [-0.1, -0.05) is 23.2 Å². The molecule has 0 aliphatic rings. The van der Waals surface area contributed by atoms with E-state index in [4.69, 9.17) is 27.9 Å². The van der Waals surface area contributed by atoms with Gasteiger partial charge in [-0.2, -0.15) is 4.98 Å². The third-order valence-corrected chi connectivity index (χ3v) is 3.97. The summed E-state index contributed by atoms with van der Waals surface area (Å²) in [6.45, 7) is 1.37. The van der Waals surface area contributed by atoms with Crippen molar-refractivity contribution in [3.05, 3.63) is 37.7 Å². The SMILES string of the molecule is Clc1ccc(OCCCCn2nc(Br)nc2Br)c(Cl)c1. The number of halogens is 4. The van der Waals surface area contributed by atoms with Crippen LogP contribution in [-0.2, 0) is 6.54 Å². The topological polar surface area (TPSA) is 39.9 Å². The van der Waals surface area contributed by atoms with Crippen molar-refractivity contribution < 1.29 is 4.74 Å². The van der Waals surface area contributed by atoms with Crippen LogP contribution < -0.4 is 4.74 Å². The standard InChI is InChI=1S/C12H11Br2Cl2N3O/c13-11-17-12(14)19(18-11)5-1-2-6-20-10-4-3-8(15)7-9(10)16/h3-4,7H,1-2,5-6H2. The summed E-state index contributed by atoms with van der Waals surface area (Å²) in [5.41, 5.74) is 0. The van der Waals surface area contributed by atoms with Crippen LogP contribution in [0.3, 0.4) is 0 Å². The van der Waals surface area contributed by atoms with E-state index < -0.39 is 0 Å². The van der Waals surface area contributed by atoms with Crippen molar-refractivity contribution in [3.8, 4) is 5.75 Å². The molecule has 2 aromatic rings. The number of nitrogens with zero attached hydrogens (tertiary/aromatic N) is 3. The maximum absolute atomic E-state index is 6.02. The maximum Gasteiger partial charge on any atom is 0.218 e. The predicted molar refractivity (Wildman–Crippen MR) is 86.6 cm³/mol. The summed E-state index contributed by atoms with van der Waals surface area (Å²) < 4.78 is 8.69. The first-order chi connectivity index (χ1) is 9.56. The number of aromatic nitrogens is 3. The van der Waals surface area contributed by atoms with E-state index in [1.807, 2.05) is 0 Å². The zero-order valence-corrected chi connectivity index (χ0v) is 15.0. The van der Waals surface area contributed by atoms with E-state index in [2.05, 4.69) is 41.9 Å². The molecule has 0 bridgehead atoms. The van der Waals surface area contributed by atoms with Crippen LogP contribution in [-0.4, -0.2) is 21.4 Å². The van der Waals surface area contributed by atoms with Crippen molar-refractivity contribution in [2.45, 2.75) is 19.4 Å². The predicted octanol–water partition coefficient (Wildman–Crippen LogP) is 4.97. The van der Waals surface area contributed by atoms with Gasteiger partial charge in [-0.25, -0.2) is 4.68 Å². The fourth-order valence-electron chi connectivity index (χ4n) is 1.58. The minimum Gasteiger partial charge on any atom is -0.492 e. The Bertz CT molecular complexity index is 592. The first-order valence-corrected chi connectivity index (χ1v) is 8.24. The molecule has 1 aromatic heterocycles. The molecule has 8 heteroatoms. The van der Waals surface area contributed by atoms with E-state index in [9.17, 15) is 0 Å². The molecule has 0 aliphatic carbocycles. The highest BCUT2D eigenvalue weighted by atomic mass is 79.9. The molecule has 0 saturated carbocycles. The molecule has 1 heterocycles. The van der Waals surface area contributed by atoms with Gasteiger partial charge in [0.1, 0.15) is 5.75 Å². The lowest BCUT2D eigenvalue weighted by Gasteiger charge is -2.08. The van der Waals surface area contributed by atoms with Crippen LogP contribution in [0.1, 0.15) is 12.8 Å². The molecule has 0 unspecified atom stereocenters. The number of aryl methyl sites for hydroxylation is 1. The van der Waals surface area contributed by atoms with Gasteiger partial charge in [-0.05, 0) is 62.9 Å². The molecule has 108 valence electrons. The second-order valence-corrected chi connectivity index (χ2v) is 6.27. The highest BCUT2D eigenvalue weighted by molar-refractivity contribution is 9.11. The number of unbranched alkanes of at least 4 members (excludes halogenated alkanes) is 1. The Balaban J connectivity index is 1.73. The zero-order valence-electron chi connectivity index (χ0n) is 10.3. The van der Waals surface area contributed by atoms with Crippen molar-refractivity contribution in [3.63, 3.8) is 0 Å². The second kappa shape index (κ2) is 7.64. The van der Waals surface area contributed by atoms with Gasteiger partial charge in [0.25, 0.3) is 0 Å². The van der Waals surface area contributed by atoms with Crippen LogP contribution in [0.2, 0.25) is 10.0 Å². The molecule has 1 aromatic carbocycles. The van der Waals surface area contributed by atoms with Crippen LogP contribution in [0, 0.1) is 0 Å². The number of hydrogen-bond acceptors (Lipinski definition) is 3. The van der Waals surface area contributed by atoms with Crippen LogP contribution >= 0.6 is 55.1 Å². The molecule has 0 aliphatic heterocycles. The van der Waals surface area contributed by atoms with Crippen molar-refractivity contribution in [2.24, 2.45) is 0 Å². The summed E-state index contributed by atoms with van der Waals surface area (Å²) >= 11 is 18.4. The molecule has 0 saturated heterocycles. The van der Waals surface area contributed by atoms with Gasteiger partial charge in [0.15, 0.2) is 4.73 Å². The summed E-state index contributed by atoms with van der Waals surface area (Å²) in [7, 11) is 0. The molecule has 0 atom stereocenters. The van der Waals surface area contributed by atoms with E-state index in [1.165, 1.54) is 0 Å². The highest BCUT2D eigenvalue weighted by Gasteiger charge is 2.05. The van der Waals surface area contributed by atoms with Gasteiger partial charge in [-0.3, -0.25) is 0 Å². The Morgan fingerprint density at radius 2 is 2.00 bits per heavy atom. The van der Waals surface area contributed by atoms with E-state index >= 15 is 0 Å². The molecule has 20 heavy (non-hydrogen) atoms. The molecular weight excluding hydrogens is 433 g/mol.